The monoisotopic (exact) mass is 322 g/mol. The third-order valence-electron chi connectivity index (χ3n) is 2.85. The summed E-state index contributed by atoms with van der Waals surface area (Å²) in [5.41, 5.74) is 2.29. The number of nitrogens with one attached hydrogen (secondary N) is 2. The molecule has 106 valence electrons. The van der Waals surface area contributed by atoms with Crippen LogP contribution in [0.15, 0.2) is 17.2 Å². The summed E-state index contributed by atoms with van der Waals surface area (Å²) in [4.78, 5) is 3.90. The molecule has 19 heavy (non-hydrogen) atoms. The van der Waals surface area contributed by atoms with E-state index in [4.69, 9.17) is 17.4 Å². The standard InChI is InChI=1S/C10H15ClN4O2S2/c11-9-3-8(5-13-10(9)15-12)19(16,17)14-4-7-1-2-18-6-7/h3,5,7,14H,1-2,4,6,12H2,(H,13,15). The molecule has 0 bridgehead atoms. The SMILES string of the molecule is NNc1ncc(S(=O)(=O)NCC2CCSC2)cc1Cl. The molecule has 0 aliphatic carbocycles. The Morgan fingerprint density at radius 2 is 2.37 bits per heavy atom. The Bertz CT molecular complexity index is 546. The van der Waals surface area contributed by atoms with Crippen LogP contribution in [-0.2, 0) is 10.0 Å². The van der Waals surface area contributed by atoms with E-state index in [0.29, 0.717) is 12.5 Å². The number of rotatable bonds is 5. The fraction of sp³-hybridized carbons (Fsp3) is 0.500. The minimum Gasteiger partial charge on any atom is -0.307 e. The molecule has 1 unspecified atom stereocenters. The Morgan fingerprint density at radius 1 is 1.58 bits per heavy atom. The molecule has 1 atom stereocenters. The molecule has 0 spiro atoms. The normalized spacial score (nSPS) is 19.6. The Balaban J connectivity index is 2.08. The predicted octanol–water partition coefficient (Wildman–Crippen LogP) is 1.05. The van der Waals surface area contributed by atoms with E-state index in [2.05, 4.69) is 15.1 Å². The molecular weight excluding hydrogens is 308 g/mol. The van der Waals surface area contributed by atoms with Crippen molar-refractivity contribution in [3.05, 3.63) is 17.3 Å². The van der Waals surface area contributed by atoms with Gasteiger partial charge in [-0.15, -0.1) is 0 Å². The van der Waals surface area contributed by atoms with Crippen molar-refractivity contribution in [3.63, 3.8) is 0 Å². The average Bonchev–Trinajstić information content (AvgIpc) is 2.89. The van der Waals surface area contributed by atoms with Crippen molar-refractivity contribution in [2.24, 2.45) is 11.8 Å². The maximum absolute atomic E-state index is 12.1. The van der Waals surface area contributed by atoms with Gasteiger partial charge in [0.25, 0.3) is 0 Å². The van der Waals surface area contributed by atoms with Crippen molar-refractivity contribution in [2.45, 2.75) is 11.3 Å². The molecule has 2 heterocycles. The maximum atomic E-state index is 12.1. The van der Waals surface area contributed by atoms with Gasteiger partial charge in [0.2, 0.25) is 10.0 Å². The Hall–Kier alpha value is -0.540. The van der Waals surface area contributed by atoms with E-state index in [-0.39, 0.29) is 15.7 Å². The predicted molar refractivity (Wildman–Crippen MR) is 77.7 cm³/mol. The number of sulfonamides is 1. The highest BCUT2D eigenvalue weighted by Crippen LogP contribution is 2.24. The quantitative estimate of drug-likeness (QED) is 0.554. The Kier molecular flexibility index (Phi) is 4.91. The topological polar surface area (TPSA) is 97.1 Å². The second-order valence-corrected chi connectivity index (χ2v) is 7.55. The summed E-state index contributed by atoms with van der Waals surface area (Å²) in [6, 6.07) is 1.33. The third kappa shape index (κ3) is 3.73. The smallest absolute Gasteiger partial charge is 0.242 e. The highest BCUT2D eigenvalue weighted by molar-refractivity contribution is 7.99. The molecule has 2 rings (SSSR count). The first-order chi connectivity index (χ1) is 9.03. The number of thioether (sulfide) groups is 1. The average molecular weight is 323 g/mol. The molecule has 1 aliphatic rings. The number of hydrogen-bond acceptors (Lipinski definition) is 6. The summed E-state index contributed by atoms with van der Waals surface area (Å²) in [6.45, 7) is 0.448. The van der Waals surface area contributed by atoms with Crippen LogP contribution in [0.4, 0.5) is 5.82 Å². The molecular formula is C10H15ClN4O2S2. The highest BCUT2D eigenvalue weighted by Gasteiger charge is 2.21. The van der Waals surface area contributed by atoms with Crippen molar-refractivity contribution < 1.29 is 8.42 Å². The first-order valence-corrected chi connectivity index (χ1v) is 8.74. The summed E-state index contributed by atoms with van der Waals surface area (Å²) < 4.78 is 26.7. The second-order valence-electron chi connectivity index (χ2n) is 4.23. The number of nitrogen functional groups attached to an aromatic ring is 1. The zero-order chi connectivity index (χ0) is 13.9. The van der Waals surface area contributed by atoms with Gasteiger partial charge in [-0.25, -0.2) is 24.0 Å². The molecule has 1 aliphatic heterocycles. The zero-order valence-electron chi connectivity index (χ0n) is 10.1. The van der Waals surface area contributed by atoms with Gasteiger partial charge in [0.15, 0.2) is 5.82 Å². The number of hydrogen-bond donors (Lipinski definition) is 3. The molecule has 1 fully saturated rings. The minimum atomic E-state index is -3.57. The van der Waals surface area contributed by atoms with Gasteiger partial charge in [-0.05, 0) is 29.9 Å². The van der Waals surface area contributed by atoms with Gasteiger partial charge in [0.1, 0.15) is 4.90 Å². The van der Waals surface area contributed by atoms with Gasteiger partial charge >= 0.3 is 0 Å². The first-order valence-electron chi connectivity index (χ1n) is 5.72. The van der Waals surface area contributed by atoms with Crippen LogP contribution in [0.25, 0.3) is 0 Å². The Labute approximate surface area is 121 Å². The van der Waals surface area contributed by atoms with Crippen molar-refractivity contribution in [2.75, 3.05) is 23.5 Å². The first kappa shape index (κ1) is 14.9. The van der Waals surface area contributed by atoms with Crippen LogP contribution >= 0.6 is 23.4 Å². The van der Waals surface area contributed by atoms with Gasteiger partial charge in [0.05, 0.1) is 5.02 Å². The van der Waals surface area contributed by atoms with E-state index in [9.17, 15) is 8.42 Å². The molecule has 1 aromatic rings. The van der Waals surface area contributed by atoms with Gasteiger partial charge in [0, 0.05) is 12.7 Å². The van der Waals surface area contributed by atoms with Crippen molar-refractivity contribution in [3.8, 4) is 0 Å². The molecule has 0 saturated carbocycles. The largest absolute Gasteiger partial charge is 0.307 e. The lowest BCUT2D eigenvalue weighted by Gasteiger charge is -2.11. The van der Waals surface area contributed by atoms with Gasteiger partial charge in [-0.3, -0.25) is 0 Å². The van der Waals surface area contributed by atoms with Gasteiger partial charge in [-0.2, -0.15) is 11.8 Å². The number of hydrazine groups is 1. The van der Waals surface area contributed by atoms with Gasteiger partial charge < -0.3 is 5.43 Å². The summed E-state index contributed by atoms with van der Waals surface area (Å²) in [6.07, 6.45) is 2.27. The van der Waals surface area contributed by atoms with E-state index in [1.807, 2.05) is 11.8 Å². The maximum Gasteiger partial charge on any atom is 0.242 e. The van der Waals surface area contributed by atoms with Crippen LogP contribution in [0.3, 0.4) is 0 Å². The van der Waals surface area contributed by atoms with Crippen molar-refractivity contribution in [1.29, 1.82) is 0 Å². The van der Waals surface area contributed by atoms with Crippen LogP contribution in [0, 0.1) is 5.92 Å². The van der Waals surface area contributed by atoms with Crippen LogP contribution in [0.5, 0.6) is 0 Å². The zero-order valence-corrected chi connectivity index (χ0v) is 12.5. The minimum absolute atomic E-state index is 0.0437. The van der Waals surface area contributed by atoms with E-state index >= 15 is 0 Å². The van der Waals surface area contributed by atoms with Crippen molar-refractivity contribution in [1.82, 2.24) is 9.71 Å². The van der Waals surface area contributed by atoms with E-state index in [0.717, 1.165) is 17.9 Å². The molecule has 1 aromatic heterocycles. The summed E-state index contributed by atoms with van der Waals surface area (Å²) in [7, 11) is -3.57. The van der Waals surface area contributed by atoms with E-state index in [1.54, 1.807) is 0 Å². The fourth-order valence-corrected chi connectivity index (χ4v) is 4.39. The molecule has 6 nitrogen and oxygen atoms in total. The van der Waals surface area contributed by atoms with Crippen molar-refractivity contribution >= 4 is 39.2 Å². The van der Waals surface area contributed by atoms with E-state index in [1.165, 1.54) is 12.3 Å². The summed E-state index contributed by atoms with van der Waals surface area (Å²) >= 11 is 7.71. The lowest BCUT2D eigenvalue weighted by atomic mass is 10.1. The third-order valence-corrected chi connectivity index (χ3v) is 5.76. The highest BCUT2D eigenvalue weighted by atomic mass is 35.5. The number of nitrogens with two attached hydrogens (primary N) is 1. The molecule has 0 amide bonds. The van der Waals surface area contributed by atoms with Crippen LogP contribution in [-0.4, -0.2) is 31.5 Å². The lowest BCUT2D eigenvalue weighted by molar-refractivity contribution is 0.545. The number of aromatic nitrogens is 1. The Morgan fingerprint density at radius 3 is 2.95 bits per heavy atom. The second kappa shape index (κ2) is 6.27. The number of halogens is 1. The number of anilines is 1. The van der Waals surface area contributed by atoms with Crippen LogP contribution in [0.1, 0.15) is 6.42 Å². The van der Waals surface area contributed by atoms with E-state index < -0.39 is 10.0 Å². The summed E-state index contributed by atoms with van der Waals surface area (Å²) in [5, 5.41) is 0.168. The lowest BCUT2D eigenvalue weighted by Crippen LogP contribution is -2.29. The molecule has 9 heteroatoms. The molecule has 1 saturated heterocycles. The van der Waals surface area contributed by atoms with Crippen LogP contribution in [0.2, 0.25) is 5.02 Å². The number of nitrogens with zero attached hydrogens (tertiary/aromatic N) is 1. The van der Waals surface area contributed by atoms with Crippen LogP contribution < -0.4 is 16.0 Å². The summed E-state index contributed by atoms with van der Waals surface area (Å²) in [5.74, 6) is 7.92. The number of pyridine rings is 1. The fourth-order valence-electron chi connectivity index (χ4n) is 1.73. The molecule has 0 radical (unpaired) electrons. The molecule has 4 N–H and O–H groups in total. The molecule has 0 aromatic carbocycles. The van der Waals surface area contributed by atoms with Gasteiger partial charge in [-0.1, -0.05) is 11.6 Å².